The van der Waals surface area contributed by atoms with E-state index >= 15 is 0 Å². The summed E-state index contributed by atoms with van der Waals surface area (Å²) < 4.78 is 40.8. The normalized spacial score (nSPS) is 10.6. The van der Waals surface area contributed by atoms with Gasteiger partial charge in [-0.2, -0.15) is 8.78 Å². The zero-order chi connectivity index (χ0) is 12.3. The van der Waals surface area contributed by atoms with Gasteiger partial charge in [0.25, 0.3) is 0 Å². The van der Waals surface area contributed by atoms with Crippen LogP contribution in [0.25, 0.3) is 0 Å². The molecule has 0 spiro atoms. The van der Waals surface area contributed by atoms with Crippen LogP contribution in [0.1, 0.15) is 15.9 Å². The zero-order valence-electron chi connectivity index (χ0n) is 7.71. The first kappa shape index (κ1) is 12.6. The van der Waals surface area contributed by atoms with Crippen LogP contribution < -0.4 is 4.74 Å². The van der Waals surface area contributed by atoms with E-state index in [0.717, 1.165) is 6.07 Å². The largest absolute Gasteiger partial charge is 0.478 e. The molecule has 16 heavy (non-hydrogen) atoms. The number of ether oxygens (including phenoxy) is 1. The third kappa shape index (κ3) is 2.79. The van der Waals surface area contributed by atoms with Gasteiger partial charge < -0.3 is 9.84 Å². The number of benzene rings is 1. The zero-order valence-corrected chi connectivity index (χ0v) is 8.47. The van der Waals surface area contributed by atoms with Crippen LogP contribution >= 0.6 is 11.6 Å². The lowest BCUT2D eigenvalue weighted by Gasteiger charge is -2.11. The number of rotatable bonds is 4. The molecule has 0 bridgehead atoms. The number of carboxylic acid groups (broad SMARTS) is 1. The first-order valence-electron chi connectivity index (χ1n) is 4.02. The second-order valence-electron chi connectivity index (χ2n) is 2.76. The number of aromatic carboxylic acids is 1. The molecule has 0 saturated heterocycles. The second kappa shape index (κ2) is 5.07. The van der Waals surface area contributed by atoms with Crippen molar-refractivity contribution in [2.45, 2.75) is 12.5 Å². The Morgan fingerprint density at radius 3 is 2.56 bits per heavy atom. The van der Waals surface area contributed by atoms with Crippen molar-refractivity contribution >= 4 is 17.6 Å². The Hall–Kier alpha value is -1.43. The van der Waals surface area contributed by atoms with Crippen LogP contribution in [0.5, 0.6) is 5.75 Å². The van der Waals surface area contributed by atoms with Crippen molar-refractivity contribution in [2.75, 3.05) is 0 Å². The Balaban J connectivity index is 3.32. The highest BCUT2D eigenvalue weighted by atomic mass is 35.5. The highest BCUT2D eigenvalue weighted by Crippen LogP contribution is 2.27. The highest BCUT2D eigenvalue weighted by Gasteiger charge is 2.20. The number of halogens is 4. The lowest BCUT2D eigenvalue weighted by Crippen LogP contribution is -2.10. The smallest absolute Gasteiger partial charge is 0.387 e. The van der Waals surface area contributed by atoms with Crippen molar-refractivity contribution in [1.82, 2.24) is 0 Å². The van der Waals surface area contributed by atoms with E-state index < -0.39 is 29.7 Å². The van der Waals surface area contributed by atoms with Crippen LogP contribution in [-0.4, -0.2) is 17.7 Å². The molecule has 0 saturated carbocycles. The van der Waals surface area contributed by atoms with Crippen molar-refractivity contribution in [3.63, 3.8) is 0 Å². The van der Waals surface area contributed by atoms with Gasteiger partial charge in [-0.25, -0.2) is 9.18 Å². The van der Waals surface area contributed by atoms with E-state index in [1.165, 1.54) is 0 Å². The average molecular weight is 255 g/mol. The molecule has 1 aromatic carbocycles. The van der Waals surface area contributed by atoms with Gasteiger partial charge in [-0.05, 0) is 11.6 Å². The first-order chi connectivity index (χ1) is 7.45. The van der Waals surface area contributed by atoms with Gasteiger partial charge >= 0.3 is 12.6 Å². The number of hydrogen-bond donors (Lipinski definition) is 1. The first-order valence-corrected chi connectivity index (χ1v) is 4.55. The molecule has 0 fully saturated rings. The molecule has 0 atom stereocenters. The molecule has 0 aliphatic heterocycles. The minimum Gasteiger partial charge on any atom is -0.478 e. The molecule has 0 aromatic heterocycles. The summed E-state index contributed by atoms with van der Waals surface area (Å²) in [5, 5.41) is 8.78. The van der Waals surface area contributed by atoms with Crippen LogP contribution in [0.4, 0.5) is 13.2 Å². The Morgan fingerprint density at radius 1 is 1.50 bits per heavy atom. The van der Waals surface area contributed by atoms with E-state index in [-0.39, 0.29) is 11.4 Å². The maximum atomic E-state index is 12.9. The lowest BCUT2D eigenvalue weighted by molar-refractivity contribution is -0.0505. The molecule has 7 heteroatoms. The molecule has 0 unspecified atom stereocenters. The predicted molar refractivity (Wildman–Crippen MR) is 49.5 cm³/mol. The van der Waals surface area contributed by atoms with E-state index in [1.54, 1.807) is 0 Å². The summed E-state index contributed by atoms with van der Waals surface area (Å²) in [5.74, 6) is -3.46. The summed E-state index contributed by atoms with van der Waals surface area (Å²) in [4.78, 5) is 10.8. The maximum absolute atomic E-state index is 12.9. The molecular formula is C9H6ClF3O3. The van der Waals surface area contributed by atoms with Crippen LogP contribution in [0, 0.1) is 5.82 Å². The van der Waals surface area contributed by atoms with Gasteiger partial charge in [-0.1, -0.05) is 0 Å². The van der Waals surface area contributed by atoms with Crippen molar-refractivity contribution in [3.05, 3.63) is 29.1 Å². The van der Waals surface area contributed by atoms with Gasteiger partial charge in [-0.15, -0.1) is 11.6 Å². The molecule has 1 aromatic rings. The summed E-state index contributed by atoms with van der Waals surface area (Å²) in [7, 11) is 0. The Kier molecular flexibility index (Phi) is 4.00. The van der Waals surface area contributed by atoms with Crippen LogP contribution in [0.2, 0.25) is 0 Å². The lowest BCUT2D eigenvalue weighted by atomic mass is 10.1. The Labute approximate surface area is 93.4 Å². The quantitative estimate of drug-likeness (QED) is 0.841. The Morgan fingerprint density at radius 2 is 2.12 bits per heavy atom. The molecule has 0 aliphatic rings. The molecule has 0 aliphatic carbocycles. The highest BCUT2D eigenvalue weighted by molar-refractivity contribution is 6.17. The minimum absolute atomic E-state index is 0.121. The molecule has 1 N–H and O–H groups in total. The molecule has 1 rings (SSSR count). The molecule has 3 nitrogen and oxygen atoms in total. The van der Waals surface area contributed by atoms with Gasteiger partial charge in [0.2, 0.25) is 0 Å². The van der Waals surface area contributed by atoms with E-state index in [9.17, 15) is 18.0 Å². The summed E-state index contributed by atoms with van der Waals surface area (Å²) in [6, 6.07) is 1.43. The maximum Gasteiger partial charge on any atom is 0.387 e. The minimum atomic E-state index is -3.23. The van der Waals surface area contributed by atoms with Gasteiger partial charge in [0, 0.05) is 11.9 Å². The van der Waals surface area contributed by atoms with Crippen LogP contribution in [0.15, 0.2) is 12.1 Å². The number of carboxylic acids is 1. The van der Waals surface area contributed by atoms with E-state index in [4.69, 9.17) is 16.7 Å². The van der Waals surface area contributed by atoms with Crippen molar-refractivity contribution in [1.29, 1.82) is 0 Å². The molecule has 0 amide bonds. The fraction of sp³-hybridized carbons (Fsp3) is 0.222. The van der Waals surface area contributed by atoms with E-state index in [2.05, 4.69) is 4.74 Å². The number of alkyl halides is 3. The van der Waals surface area contributed by atoms with E-state index in [0.29, 0.717) is 6.07 Å². The van der Waals surface area contributed by atoms with Crippen molar-refractivity contribution in [2.24, 2.45) is 0 Å². The third-order valence-electron chi connectivity index (χ3n) is 1.72. The third-order valence-corrected chi connectivity index (χ3v) is 2.01. The molecular weight excluding hydrogens is 249 g/mol. The summed E-state index contributed by atoms with van der Waals surface area (Å²) in [5.41, 5.74) is -0.679. The van der Waals surface area contributed by atoms with Crippen molar-refractivity contribution < 1.29 is 27.8 Å². The predicted octanol–water partition coefficient (Wildman–Crippen LogP) is 2.86. The standard InChI is InChI=1S/C9H6ClF3O3/c10-3-4-1-5(11)2-6(16-9(12)13)7(4)8(14)15/h1-2,9H,3H2,(H,14,15). The van der Waals surface area contributed by atoms with Crippen LogP contribution in [-0.2, 0) is 5.88 Å². The SMILES string of the molecule is O=C(O)c1c(CCl)cc(F)cc1OC(F)F. The summed E-state index contributed by atoms with van der Waals surface area (Å²) in [6.07, 6.45) is 0. The van der Waals surface area contributed by atoms with Crippen molar-refractivity contribution in [3.8, 4) is 5.75 Å². The molecule has 0 radical (unpaired) electrons. The summed E-state index contributed by atoms with van der Waals surface area (Å²) >= 11 is 5.38. The molecule has 88 valence electrons. The monoisotopic (exact) mass is 254 g/mol. The topological polar surface area (TPSA) is 46.5 Å². The number of carbonyl (C=O) groups is 1. The summed E-state index contributed by atoms with van der Waals surface area (Å²) in [6.45, 7) is -3.23. The fourth-order valence-corrected chi connectivity index (χ4v) is 1.38. The van der Waals surface area contributed by atoms with Gasteiger partial charge in [0.1, 0.15) is 17.1 Å². The van der Waals surface area contributed by atoms with E-state index in [1.807, 2.05) is 0 Å². The van der Waals surface area contributed by atoms with Gasteiger partial charge in [-0.3, -0.25) is 0 Å². The van der Waals surface area contributed by atoms with Gasteiger partial charge in [0.05, 0.1) is 0 Å². The Bertz CT molecular complexity index is 409. The van der Waals surface area contributed by atoms with Crippen LogP contribution in [0.3, 0.4) is 0 Å². The van der Waals surface area contributed by atoms with Gasteiger partial charge in [0.15, 0.2) is 0 Å². The second-order valence-corrected chi connectivity index (χ2v) is 3.02. The molecule has 0 heterocycles. The number of hydrogen-bond acceptors (Lipinski definition) is 2. The fourth-order valence-electron chi connectivity index (χ4n) is 1.17. The average Bonchev–Trinajstić information content (AvgIpc) is 2.14.